The first-order valence-electron chi connectivity index (χ1n) is 5.39. The highest BCUT2D eigenvalue weighted by Crippen LogP contribution is 2.30. The molecule has 0 amide bonds. The molecule has 0 fully saturated rings. The van der Waals surface area contributed by atoms with Gasteiger partial charge in [-0.05, 0) is 35.1 Å². The Labute approximate surface area is 108 Å². The number of phenolic OH excluding ortho intramolecular Hbond substituents is 1. The summed E-state index contributed by atoms with van der Waals surface area (Å²) >= 11 is 3.49. The first-order valence-corrected chi connectivity index (χ1v) is 6.18. The number of aromatic hydroxyl groups is 1. The van der Waals surface area contributed by atoms with Crippen molar-refractivity contribution in [1.82, 2.24) is 14.7 Å². The third kappa shape index (κ3) is 1.75. The minimum Gasteiger partial charge on any atom is -0.508 e. The van der Waals surface area contributed by atoms with Crippen molar-refractivity contribution in [3.05, 3.63) is 40.1 Å². The van der Waals surface area contributed by atoms with E-state index in [0.717, 1.165) is 23.4 Å². The highest BCUT2D eigenvalue weighted by Gasteiger charge is 2.25. The molecule has 0 radical (unpaired) electrons. The summed E-state index contributed by atoms with van der Waals surface area (Å²) in [7, 11) is 2.08. The monoisotopic (exact) mass is 293 g/mol. The molecule has 2 heterocycles. The van der Waals surface area contributed by atoms with Crippen molar-refractivity contribution in [1.29, 1.82) is 0 Å². The molecule has 0 bridgehead atoms. The van der Waals surface area contributed by atoms with Gasteiger partial charge in [0.1, 0.15) is 10.4 Å². The van der Waals surface area contributed by atoms with E-state index in [4.69, 9.17) is 0 Å². The molecule has 0 spiro atoms. The van der Waals surface area contributed by atoms with Crippen molar-refractivity contribution in [2.24, 2.45) is 0 Å². The van der Waals surface area contributed by atoms with E-state index in [1.165, 1.54) is 11.3 Å². The summed E-state index contributed by atoms with van der Waals surface area (Å²) in [4.78, 5) is 2.23. The topological polar surface area (TPSA) is 41.3 Å². The second-order valence-corrected chi connectivity index (χ2v) is 5.07. The highest BCUT2D eigenvalue weighted by atomic mass is 79.9. The number of hydrogen-bond acceptors (Lipinski definition) is 3. The van der Waals surface area contributed by atoms with Crippen molar-refractivity contribution in [2.45, 2.75) is 13.1 Å². The predicted octanol–water partition coefficient (Wildman–Crippen LogP) is 2.29. The first kappa shape index (κ1) is 10.8. The number of benzene rings is 1. The fourth-order valence-electron chi connectivity index (χ4n) is 2.19. The number of halogens is 1. The predicted molar refractivity (Wildman–Crippen MR) is 68.1 cm³/mol. The van der Waals surface area contributed by atoms with Crippen LogP contribution in [0.25, 0.3) is 5.69 Å². The van der Waals surface area contributed by atoms with Crippen molar-refractivity contribution in [2.75, 3.05) is 7.05 Å². The molecule has 3 rings (SSSR count). The molecule has 1 N–H and O–H groups in total. The lowest BCUT2D eigenvalue weighted by Crippen LogP contribution is -2.11. The summed E-state index contributed by atoms with van der Waals surface area (Å²) in [6, 6.07) is 7.15. The van der Waals surface area contributed by atoms with Gasteiger partial charge in [0.15, 0.2) is 0 Å². The number of fused-ring (bicyclic) bond motifs is 1. The first-order chi connectivity index (χ1) is 8.15. The molecule has 17 heavy (non-hydrogen) atoms. The molecule has 1 aliphatic heterocycles. The molecule has 0 aliphatic carbocycles. The summed E-state index contributed by atoms with van der Waals surface area (Å²) in [6.45, 7) is 1.79. The van der Waals surface area contributed by atoms with Gasteiger partial charge >= 0.3 is 0 Å². The van der Waals surface area contributed by atoms with E-state index in [1.807, 2.05) is 16.8 Å². The number of rotatable bonds is 1. The van der Waals surface area contributed by atoms with Crippen LogP contribution in [0.3, 0.4) is 0 Å². The van der Waals surface area contributed by atoms with Crippen LogP contribution in [0, 0.1) is 0 Å². The SMILES string of the molecule is CN1Cc2c(Br)nn(-c3cccc(O)c3)c2C1. The van der Waals surface area contributed by atoms with Gasteiger partial charge in [0.2, 0.25) is 0 Å². The summed E-state index contributed by atoms with van der Waals surface area (Å²) in [5, 5.41) is 14.0. The second-order valence-electron chi connectivity index (χ2n) is 4.32. The third-order valence-electron chi connectivity index (χ3n) is 2.96. The molecule has 1 aromatic heterocycles. The Morgan fingerprint density at radius 1 is 1.35 bits per heavy atom. The van der Waals surface area contributed by atoms with Crippen LogP contribution >= 0.6 is 15.9 Å². The van der Waals surface area contributed by atoms with Crippen LogP contribution in [0.5, 0.6) is 5.75 Å². The van der Waals surface area contributed by atoms with Crippen LogP contribution in [0.4, 0.5) is 0 Å². The molecular formula is C12H12BrN3O. The Hall–Kier alpha value is -1.33. The van der Waals surface area contributed by atoms with Gasteiger partial charge in [-0.3, -0.25) is 4.90 Å². The lowest BCUT2D eigenvalue weighted by molar-refractivity contribution is 0.345. The maximum absolute atomic E-state index is 9.52. The van der Waals surface area contributed by atoms with E-state index >= 15 is 0 Å². The van der Waals surface area contributed by atoms with Crippen molar-refractivity contribution in [3.63, 3.8) is 0 Å². The maximum Gasteiger partial charge on any atom is 0.133 e. The minimum atomic E-state index is 0.259. The zero-order valence-corrected chi connectivity index (χ0v) is 11.0. The summed E-state index contributed by atoms with van der Waals surface area (Å²) in [5.41, 5.74) is 3.31. The molecule has 88 valence electrons. The highest BCUT2D eigenvalue weighted by molar-refractivity contribution is 9.10. The van der Waals surface area contributed by atoms with E-state index in [2.05, 4.69) is 33.0 Å². The number of hydrogen-bond donors (Lipinski definition) is 1. The maximum atomic E-state index is 9.52. The van der Waals surface area contributed by atoms with Gasteiger partial charge in [0.05, 0.1) is 11.4 Å². The summed E-state index contributed by atoms with van der Waals surface area (Å²) in [5.74, 6) is 0.259. The molecule has 1 aliphatic rings. The Bertz CT molecular complexity index is 579. The molecule has 0 unspecified atom stereocenters. The normalized spacial score (nSPS) is 15.2. The van der Waals surface area contributed by atoms with Gasteiger partial charge in [0.25, 0.3) is 0 Å². The zero-order valence-electron chi connectivity index (χ0n) is 9.39. The molecular weight excluding hydrogens is 282 g/mol. The molecule has 0 saturated carbocycles. The van der Waals surface area contributed by atoms with Gasteiger partial charge in [-0.1, -0.05) is 6.07 Å². The van der Waals surface area contributed by atoms with Gasteiger partial charge in [0, 0.05) is 24.7 Å². The standard InChI is InChI=1S/C12H12BrN3O/c1-15-6-10-11(7-15)16(14-12(10)13)8-3-2-4-9(17)5-8/h2-5,17H,6-7H2,1H3. The molecule has 0 saturated heterocycles. The van der Waals surface area contributed by atoms with Gasteiger partial charge in [-0.15, -0.1) is 0 Å². The molecule has 4 nitrogen and oxygen atoms in total. The van der Waals surface area contributed by atoms with Gasteiger partial charge in [-0.25, -0.2) is 4.68 Å². The number of phenols is 1. The Balaban J connectivity index is 2.14. The van der Waals surface area contributed by atoms with Crippen molar-refractivity contribution in [3.8, 4) is 11.4 Å². The molecule has 2 aromatic rings. The van der Waals surface area contributed by atoms with Crippen LogP contribution in [-0.2, 0) is 13.1 Å². The van der Waals surface area contributed by atoms with E-state index in [9.17, 15) is 5.11 Å². The Kier molecular flexibility index (Phi) is 2.45. The fourth-order valence-corrected chi connectivity index (χ4v) is 2.71. The minimum absolute atomic E-state index is 0.259. The summed E-state index contributed by atoms with van der Waals surface area (Å²) < 4.78 is 2.78. The van der Waals surface area contributed by atoms with Crippen molar-refractivity contribution >= 4 is 15.9 Å². The van der Waals surface area contributed by atoms with Crippen LogP contribution in [0.1, 0.15) is 11.3 Å². The Morgan fingerprint density at radius 2 is 2.18 bits per heavy atom. The van der Waals surface area contributed by atoms with Crippen LogP contribution < -0.4 is 0 Å². The van der Waals surface area contributed by atoms with E-state index in [-0.39, 0.29) is 5.75 Å². The van der Waals surface area contributed by atoms with Gasteiger partial charge in [-0.2, -0.15) is 5.10 Å². The average molecular weight is 294 g/mol. The smallest absolute Gasteiger partial charge is 0.133 e. The van der Waals surface area contributed by atoms with E-state index in [0.29, 0.717) is 0 Å². The fraction of sp³-hybridized carbons (Fsp3) is 0.250. The van der Waals surface area contributed by atoms with Gasteiger partial charge < -0.3 is 5.11 Å². The van der Waals surface area contributed by atoms with Crippen molar-refractivity contribution < 1.29 is 5.11 Å². The molecule has 5 heteroatoms. The zero-order chi connectivity index (χ0) is 12.0. The van der Waals surface area contributed by atoms with Crippen LogP contribution in [-0.4, -0.2) is 26.8 Å². The molecule has 0 atom stereocenters. The lowest BCUT2D eigenvalue weighted by atomic mass is 10.2. The summed E-state index contributed by atoms with van der Waals surface area (Å²) in [6.07, 6.45) is 0. The average Bonchev–Trinajstić information content (AvgIpc) is 2.79. The van der Waals surface area contributed by atoms with E-state index in [1.54, 1.807) is 12.1 Å². The van der Waals surface area contributed by atoms with Crippen LogP contribution in [0.15, 0.2) is 28.9 Å². The largest absolute Gasteiger partial charge is 0.508 e. The lowest BCUT2D eigenvalue weighted by Gasteiger charge is -2.09. The third-order valence-corrected chi connectivity index (χ3v) is 3.60. The number of nitrogens with zero attached hydrogens (tertiary/aromatic N) is 3. The Morgan fingerprint density at radius 3 is 2.94 bits per heavy atom. The quantitative estimate of drug-likeness (QED) is 0.877. The molecule has 1 aromatic carbocycles. The van der Waals surface area contributed by atoms with Crippen LogP contribution in [0.2, 0.25) is 0 Å². The van der Waals surface area contributed by atoms with E-state index < -0.39 is 0 Å². The number of aromatic nitrogens is 2. The second kappa shape index (κ2) is 3.85.